The number of hydrogen-bond donors (Lipinski definition) is 0. The number of ether oxygens (including phenoxy) is 2. The number of nitrogens with zero attached hydrogens (tertiary/aromatic N) is 3. The number of fused-ring (bicyclic) bond motifs is 1. The van der Waals surface area contributed by atoms with Gasteiger partial charge in [0.25, 0.3) is 5.56 Å². The number of para-hydroxylation sites is 1. The summed E-state index contributed by atoms with van der Waals surface area (Å²) in [5, 5.41) is 4.46. The van der Waals surface area contributed by atoms with Crippen molar-refractivity contribution in [2.45, 2.75) is 6.92 Å². The Morgan fingerprint density at radius 2 is 1.59 bits per heavy atom. The Morgan fingerprint density at radius 1 is 0.853 bits per heavy atom. The van der Waals surface area contributed by atoms with Gasteiger partial charge in [-0.05, 0) is 61.0 Å². The number of pyridine rings is 1. The van der Waals surface area contributed by atoms with Gasteiger partial charge in [0.1, 0.15) is 22.8 Å². The summed E-state index contributed by atoms with van der Waals surface area (Å²) >= 11 is 0. The Balaban J connectivity index is 1.59. The molecule has 0 atom stereocenters. The number of carbonyl (C=O) groups is 1. The molecule has 0 radical (unpaired) electrons. The Labute approximate surface area is 195 Å². The average molecular weight is 451 g/mol. The predicted octanol–water partition coefficient (Wildman–Crippen LogP) is 5.02. The molecular formula is C27H21N3O4. The second-order valence-electron chi connectivity index (χ2n) is 7.80. The lowest BCUT2D eigenvalue weighted by molar-refractivity contribution is 0.0600. The quantitative estimate of drug-likeness (QED) is 0.351. The van der Waals surface area contributed by atoms with Crippen LogP contribution in [-0.2, 0) is 4.74 Å². The second-order valence-corrected chi connectivity index (χ2v) is 7.80. The molecule has 3 aromatic rings. The maximum atomic E-state index is 13.3. The summed E-state index contributed by atoms with van der Waals surface area (Å²) in [4.78, 5) is 25.8. The molecule has 0 saturated carbocycles. The van der Waals surface area contributed by atoms with Crippen LogP contribution in [0.5, 0.6) is 11.5 Å². The molecule has 5 rings (SSSR count). The van der Waals surface area contributed by atoms with E-state index in [4.69, 9.17) is 9.47 Å². The van der Waals surface area contributed by atoms with Crippen LogP contribution in [0, 0.1) is 6.92 Å². The molecule has 0 N–H and O–H groups in total. The van der Waals surface area contributed by atoms with E-state index in [1.165, 1.54) is 11.8 Å². The zero-order chi connectivity index (χ0) is 23.7. The molecule has 2 aliphatic rings. The minimum Gasteiger partial charge on any atom is -0.465 e. The molecule has 2 aliphatic heterocycles. The van der Waals surface area contributed by atoms with Crippen molar-refractivity contribution < 1.29 is 14.3 Å². The largest absolute Gasteiger partial charge is 0.465 e. The molecule has 0 aromatic heterocycles. The van der Waals surface area contributed by atoms with Crippen molar-refractivity contribution in [3.05, 3.63) is 113 Å². The summed E-state index contributed by atoms with van der Waals surface area (Å²) in [6.45, 7) is 1.94. The van der Waals surface area contributed by atoms with Gasteiger partial charge in [0, 0.05) is 18.1 Å². The highest BCUT2D eigenvalue weighted by Crippen LogP contribution is 2.27. The van der Waals surface area contributed by atoms with E-state index in [-0.39, 0.29) is 11.1 Å². The van der Waals surface area contributed by atoms with E-state index in [1.807, 2.05) is 79.7 Å². The minimum absolute atomic E-state index is 0.202. The van der Waals surface area contributed by atoms with Crippen LogP contribution in [0.25, 0.3) is 22.6 Å². The van der Waals surface area contributed by atoms with E-state index in [1.54, 1.807) is 23.0 Å². The third kappa shape index (κ3) is 3.95. The molecule has 0 saturated heterocycles. The zero-order valence-corrected chi connectivity index (χ0v) is 18.6. The molecule has 0 amide bonds. The summed E-state index contributed by atoms with van der Waals surface area (Å²) in [6, 6.07) is 24.3. The standard InChI is InChI=1S/C27H21N3O4/c1-18-7-6-8-20(15-18)30-26(31)23-16-29(17-24(25(23)28-30)27(32)33-2)19-11-13-22(14-12-19)34-21-9-4-3-5-10-21/h3-17H,1-2H3. The van der Waals surface area contributed by atoms with E-state index < -0.39 is 5.97 Å². The Kier molecular flexibility index (Phi) is 5.43. The molecule has 0 spiro atoms. The van der Waals surface area contributed by atoms with Crippen LogP contribution in [-0.4, -0.2) is 27.4 Å². The highest BCUT2D eigenvalue weighted by Gasteiger charge is 2.25. The number of benzene rings is 3. The highest BCUT2D eigenvalue weighted by molar-refractivity contribution is 5.96. The zero-order valence-electron chi connectivity index (χ0n) is 18.6. The van der Waals surface area contributed by atoms with Gasteiger partial charge in [-0.3, -0.25) is 4.79 Å². The van der Waals surface area contributed by atoms with Crippen LogP contribution in [0.15, 0.2) is 96.1 Å². The molecule has 3 aromatic carbocycles. The van der Waals surface area contributed by atoms with E-state index in [2.05, 4.69) is 5.10 Å². The van der Waals surface area contributed by atoms with Gasteiger partial charge in [-0.25, -0.2) is 4.79 Å². The Hall–Kier alpha value is -4.65. The topological polar surface area (TPSA) is 75.3 Å². The van der Waals surface area contributed by atoms with Crippen molar-refractivity contribution in [1.82, 2.24) is 14.3 Å². The fourth-order valence-corrected chi connectivity index (χ4v) is 3.76. The normalized spacial score (nSPS) is 10.9. The molecule has 0 unspecified atom stereocenters. The first-order chi connectivity index (χ1) is 16.5. The summed E-state index contributed by atoms with van der Waals surface area (Å²) in [5.74, 6) is 0.829. The third-order valence-electron chi connectivity index (χ3n) is 5.43. The van der Waals surface area contributed by atoms with E-state index in [9.17, 15) is 9.59 Å². The number of aromatic nitrogens is 3. The third-order valence-corrected chi connectivity index (χ3v) is 5.43. The first-order valence-electron chi connectivity index (χ1n) is 10.7. The first kappa shape index (κ1) is 21.2. The van der Waals surface area contributed by atoms with Crippen molar-refractivity contribution in [2.24, 2.45) is 0 Å². The van der Waals surface area contributed by atoms with Crippen molar-refractivity contribution in [2.75, 3.05) is 7.11 Å². The van der Waals surface area contributed by atoms with Crippen LogP contribution in [0.1, 0.15) is 15.9 Å². The van der Waals surface area contributed by atoms with E-state index in [0.29, 0.717) is 22.7 Å². The van der Waals surface area contributed by atoms with E-state index in [0.717, 1.165) is 17.0 Å². The van der Waals surface area contributed by atoms with Crippen LogP contribution in [0.3, 0.4) is 0 Å². The SMILES string of the molecule is COC(=O)c1cn(-c2ccc(Oc3ccccc3)cc2)cc2c(=O)n(-c3cccc(C)c3)nc1-2. The molecule has 2 heterocycles. The first-order valence-corrected chi connectivity index (χ1v) is 10.7. The second kappa shape index (κ2) is 8.71. The molecule has 0 bridgehead atoms. The van der Waals surface area contributed by atoms with Gasteiger partial charge < -0.3 is 14.0 Å². The van der Waals surface area contributed by atoms with Gasteiger partial charge in [-0.1, -0.05) is 30.3 Å². The summed E-state index contributed by atoms with van der Waals surface area (Å²) in [7, 11) is 1.30. The van der Waals surface area contributed by atoms with Crippen molar-refractivity contribution in [3.63, 3.8) is 0 Å². The molecule has 168 valence electrons. The van der Waals surface area contributed by atoms with Gasteiger partial charge in [0.2, 0.25) is 0 Å². The molecule has 7 heteroatoms. The minimum atomic E-state index is -0.572. The lowest BCUT2D eigenvalue weighted by Gasteiger charge is -2.12. The van der Waals surface area contributed by atoms with E-state index >= 15 is 0 Å². The molecule has 0 aliphatic carbocycles. The van der Waals surface area contributed by atoms with Gasteiger partial charge >= 0.3 is 5.97 Å². The van der Waals surface area contributed by atoms with Gasteiger partial charge in [-0.15, -0.1) is 0 Å². The van der Waals surface area contributed by atoms with Crippen molar-refractivity contribution in [3.8, 4) is 34.1 Å². The lowest BCUT2D eigenvalue weighted by Crippen LogP contribution is -2.15. The summed E-state index contributed by atoms with van der Waals surface area (Å²) < 4.78 is 13.8. The fourth-order valence-electron chi connectivity index (χ4n) is 3.76. The van der Waals surface area contributed by atoms with Crippen molar-refractivity contribution >= 4 is 5.97 Å². The van der Waals surface area contributed by atoms with Gasteiger partial charge in [0.15, 0.2) is 0 Å². The molecule has 0 fully saturated rings. The van der Waals surface area contributed by atoms with Crippen LogP contribution < -0.4 is 10.3 Å². The van der Waals surface area contributed by atoms with Gasteiger partial charge in [0.05, 0.1) is 18.4 Å². The molecule has 7 nitrogen and oxygen atoms in total. The van der Waals surface area contributed by atoms with Crippen LogP contribution >= 0.6 is 0 Å². The highest BCUT2D eigenvalue weighted by atomic mass is 16.5. The van der Waals surface area contributed by atoms with Gasteiger partial charge in [-0.2, -0.15) is 9.78 Å². The fraction of sp³-hybridized carbons (Fsp3) is 0.0741. The number of hydrogen-bond acceptors (Lipinski definition) is 5. The van der Waals surface area contributed by atoms with Crippen LogP contribution in [0.4, 0.5) is 0 Å². The molecule has 34 heavy (non-hydrogen) atoms. The average Bonchev–Trinajstić information content (AvgIpc) is 3.20. The number of rotatable bonds is 5. The van der Waals surface area contributed by atoms with Crippen LogP contribution in [0.2, 0.25) is 0 Å². The smallest absolute Gasteiger partial charge is 0.341 e. The number of aryl methyl sites for hydroxylation is 1. The number of esters is 1. The summed E-state index contributed by atoms with van der Waals surface area (Å²) in [5.41, 5.74) is 2.86. The maximum absolute atomic E-state index is 13.3. The summed E-state index contributed by atoms with van der Waals surface area (Å²) in [6.07, 6.45) is 3.30. The molecular weight excluding hydrogens is 430 g/mol. The maximum Gasteiger partial charge on any atom is 0.341 e. The number of methoxy groups -OCH3 is 1. The number of carbonyl (C=O) groups excluding carboxylic acids is 1. The van der Waals surface area contributed by atoms with Crippen molar-refractivity contribution in [1.29, 1.82) is 0 Å². The predicted molar refractivity (Wildman–Crippen MR) is 128 cm³/mol. The lowest BCUT2D eigenvalue weighted by atomic mass is 10.1. The Bertz CT molecular complexity index is 1500. The Morgan fingerprint density at radius 3 is 2.29 bits per heavy atom. The monoisotopic (exact) mass is 451 g/mol.